The van der Waals surface area contributed by atoms with E-state index in [1.165, 1.54) is 0 Å². The fourth-order valence-electron chi connectivity index (χ4n) is 1.26. The van der Waals surface area contributed by atoms with Gasteiger partial charge in [-0.25, -0.2) is 13.1 Å². The van der Waals surface area contributed by atoms with Gasteiger partial charge in [-0.05, 0) is 31.4 Å². The maximum Gasteiger partial charge on any atom is 0.250 e. The number of aliphatic hydroxyl groups is 1. The van der Waals surface area contributed by atoms with E-state index in [0.717, 1.165) is 29.7 Å². The Morgan fingerprint density at radius 1 is 1.60 bits per heavy atom. The molecular formula is C9H13NO3S2. The minimum Gasteiger partial charge on any atom is -0.391 e. The minimum atomic E-state index is -3.35. The molecule has 0 saturated heterocycles. The molecule has 1 aliphatic carbocycles. The van der Waals surface area contributed by atoms with Gasteiger partial charge in [-0.15, -0.1) is 11.3 Å². The van der Waals surface area contributed by atoms with Gasteiger partial charge in [-0.2, -0.15) is 0 Å². The summed E-state index contributed by atoms with van der Waals surface area (Å²) >= 11 is 1.14. The molecule has 6 heteroatoms. The van der Waals surface area contributed by atoms with E-state index in [1.807, 2.05) is 0 Å². The van der Waals surface area contributed by atoms with Gasteiger partial charge in [0.2, 0.25) is 10.0 Å². The van der Waals surface area contributed by atoms with Crippen molar-refractivity contribution in [2.45, 2.75) is 36.6 Å². The van der Waals surface area contributed by atoms with E-state index >= 15 is 0 Å². The molecule has 0 bridgehead atoms. The van der Waals surface area contributed by atoms with E-state index < -0.39 is 10.0 Å². The molecule has 0 amide bonds. The molecule has 84 valence electrons. The summed E-state index contributed by atoms with van der Waals surface area (Å²) in [6.45, 7) is 1.70. The van der Waals surface area contributed by atoms with Gasteiger partial charge in [0, 0.05) is 10.9 Å². The van der Waals surface area contributed by atoms with E-state index in [2.05, 4.69) is 4.72 Å². The highest BCUT2D eigenvalue weighted by atomic mass is 32.2. The molecule has 0 atom stereocenters. The highest BCUT2D eigenvalue weighted by molar-refractivity contribution is 7.91. The number of hydrogen-bond acceptors (Lipinski definition) is 4. The lowest BCUT2D eigenvalue weighted by atomic mass is 10.3. The van der Waals surface area contributed by atoms with Gasteiger partial charge in [0.1, 0.15) is 4.21 Å². The van der Waals surface area contributed by atoms with E-state index in [4.69, 9.17) is 5.11 Å². The predicted molar refractivity (Wildman–Crippen MR) is 58.3 cm³/mol. The molecule has 0 unspecified atom stereocenters. The molecule has 1 saturated carbocycles. The highest BCUT2D eigenvalue weighted by Gasteiger charge is 2.29. The highest BCUT2D eigenvalue weighted by Crippen LogP contribution is 2.28. The zero-order valence-corrected chi connectivity index (χ0v) is 9.99. The average molecular weight is 247 g/mol. The average Bonchev–Trinajstić information content (AvgIpc) is 2.86. The van der Waals surface area contributed by atoms with Crippen molar-refractivity contribution in [2.24, 2.45) is 0 Å². The summed E-state index contributed by atoms with van der Waals surface area (Å²) in [7, 11) is -3.35. The zero-order valence-electron chi connectivity index (χ0n) is 8.36. The van der Waals surface area contributed by atoms with Crippen molar-refractivity contribution in [3.05, 3.63) is 16.5 Å². The summed E-state index contributed by atoms with van der Waals surface area (Å²) < 4.78 is 26.5. The molecule has 1 aromatic rings. The molecule has 1 heterocycles. The molecule has 0 spiro atoms. The summed E-state index contributed by atoms with van der Waals surface area (Å²) in [5, 5.41) is 8.99. The number of nitrogens with one attached hydrogen (secondary N) is 1. The number of rotatable bonds is 4. The van der Waals surface area contributed by atoms with Gasteiger partial charge >= 0.3 is 0 Å². The van der Waals surface area contributed by atoms with Gasteiger partial charge < -0.3 is 5.11 Å². The van der Waals surface area contributed by atoms with Gasteiger partial charge in [0.25, 0.3) is 0 Å². The lowest BCUT2D eigenvalue weighted by molar-refractivity contribution is 0.285. The predicted octanol–water partition coefficient (Wildman–Crippen LogP) is 0.990. The smallest absolute Gasteiger partial charge is 0.250 e. The van der Waals surface area contributed by atoms with Crippen molar-refractivity contribution >= 4 is 21.4 Å². The number of hydrogen-bond donors (Lipinski definition) is 2. The first-order valence-corrected chi connectivity index (χ1v) is 7.05. The Hall–Kier alpha value is -0.430. The number of sulfonamides is 1. The molecule has 1 fully saturated rings. The normalized spacial score (nSPS) is 16.9. The SMILES string of the molecule is Cc1cc(S(=O)(=O)NC2CC2)sc1CO. The van der Waals surface area contributed by atoms with E-state index in [9.17, 15) is 8.42 Å². The third-order valence-corrected chi connectivity index (χ3v) is 5.52. The second-order valence-electron chi connectivity index (χ2n) is 3.73. The largest absolute Gasteiger partial charge is 0.391 e. The molecule has 0 aliphatic heterocycles. The van der Waals surface area contributed by atoms with Crippen LogP contribution in [-0.2, 0) is 16.6 Å². The van der Waals surface area contributed by atoms with Crippen molar-refractivity contribution < 1.29 is 13.5 Å². The Bertz CT molecular complexity index is 460. The summed E-state index contributed by atoms with van der Waals surface area (Å²) in [4.78, 5) is 0.714. The van der Waals surface area contributed by atoms with Gasteiger partial charge in [0.05, 0.1) is 6.61 Å². The van der Waals surface area contributed by atoms with Crippen LogP contribution >= 0.6 is 11.3 Å². The summed E-state index contributed by atoms with van der Waals surface area (Å²) in [6.07, 6.45) is 1.85. The van der Waals surface area contributed by atoms with E-state index in [0.29, 0.717) is 9.09 Å². The standard InChI is InChI=1S/C9H13NO3S2/c1-6-4-9(14-8(6)5-11)15(12,13)10-7-2-3-7/h4,7,10-11H,2-3,5H2,1H3. The molecular weight excluding hydrogens is 234 g/mol. The second-order valence-corrected chi connectivity index (χ2v) is 6.80. The Morgan fingerprint density at radius 2 is 2.27 bits per heavy atom. The Kier molecular flexibility index (Phi) is 2.85. The monoisotopic (exact) mass is 247 g/mol. The van der Waals surface area contributed by atoms with Crippen molar-refractivity contribution in [1.82, 2.24) is 4.72 Å². The van der Waals surface area contributed by atoms with Gasteiger partial charge in [0.15, 0.2) is 0 Å². The van der Waals surface area contributed by atoms with Crippen LogP contribution in [0.2, 0.25) is 0 Å². The zero-order chi connectivity index (χ0) is 11.1. The Morgan fingerprint density at radius 3 is 2.73 bits per heavy atom. The molecule has 2 rings (SSSR count). The third-order valence-electron chi connectivity index (χ3n) is 2.31. The molecule has 2 N–H and O–H groups in total. The lowest BCUT2D eigenvalue weighted by Crippen LogP contribution is -2.24. The summed E-state index contributed by atoms with van der Waals surface area (Å²) in [6, 6.07) is 1.73. The topological polar surface area (TPSA) is 66.4 Å². The van der Waals surface area contributed by atoms with Crippen molar-refractivity contribution in [3.8, 4) is 0 Å². The minimum absolute atomic E-state index is 0.102. The van der Waals surface area contributed by atoms with Crippen LogP contribution < -0.4 is 4.72 Å². The molecule has 1 aromatic heterocycles. The lowest BCUT2D eigenvalue weighted by Gasteiger charge is -2.00. The second kappa shape index (κ2) is 3.86. The number of thiophene rings is 1. The van der Waals surface area contributed by atoms with Crippen molar-refractivity contribution in [3.63, 3.8) is 0 Å². The van der Waals surface area contributed by atoms with Gasteiger partial charge in [-0.1, -0.05) is 0 Å². The van der Waals surface area contributed by atoms with Crippen LogP contribution in [0.5, 0.6) is 0 Å². The van der Waals surface area contributed by atoms with Crippen molar-refractivity contribution in [2.75, 3.05) is 0 Å². The molecule has 1 aliphatic rings. The molecule has 0 radical (unpaired) electrons. The maximum atomic E-state index is 11.8. The summed E-state index contributed by atoms with van der Waals surface area (Å²) in [5.41, 5.74) is 0.832. The first-order chi connectivity index (χ1) is 7.03. The van der Waals surface area contributed by atoms with Crippen LogP contribution in [0.1, 0.15) is 23.3 Å². The summed E-state index contributed by atoms with van der Waals surface area (Å²) in [5.74, 6) is 0. The molecule has 4 nitrogen and oxygen atoms in total. The van der Waals surface area contributed by atoms with Crippen molar-refractivity contribution in [1.29, 1.82) is 0 Å². The molecule has 0 aromatic carbocycles. The quantitative estimate of drug-likeness (QED) is 0.834. The first-order valence-electron chi connectivity index (χ1n) is 4.75. The molecule has 15 heavy (non-hydrogen) atoms. The van der Waals surface area contributed by atoms with E-state index in [-0.39, 0.29) is 12.6 Å². The Balaban J connectivity index is 2.27. The van der Waals surface area contributed by atoms with Crippen LogP contribution in [0.25, 0.3) is 0 Å². The van der Waals surface area contributed by atoms with Gasteiger partial charge in [-0.3, -0.25) is 0 Å². The van der Waals surface area contributed by atoms with Crippen LogP contribution in [0.4, 0.5) is 0 Å². The number of aliphatic hydroxyl groups excluding tert-OH is 1. The first kappa shape index (κ1) is 11.1. The maximum absolute atomic E-state index is 11.8. The Labute approximate surface area is 93.0 Å². The number of aryl methyl sites for hydroxylation is 1. The van der Waals surface area contributed by atoms with Crippen LogP contribution in [0.15, 0.2) is 10.3 Å². The van der Waals surface area contributed by atoms with Crippen LogP contribution in [-0.4, -0.2) is 19.6 Å². The fourth-order valence-corrected chi connectivity index (χ4v) is 4.03. The van der Waals surface area contributed by atoms with Crippen LogP contribution in [0.3, 0.4) is 0 Å². The van der Waals surface area contributed by atoms with E-state index in [1.54, 1.807) is 13.0 Å². The fraction of sp³-hybridized carbons (Fsp3) is 0.556. The van der Waals surface area contributed by atoms with Crippen LogP contribution in [0, 0.1) is 6.92 Å². The third kappa shape index (κ3) is 2.39.